The normalized spacial score (nSPS) is 38.7. The van der Waals surface area contributed by atoms with Gasteiger partial charge in [0, 0.05) is 6.04 Å². The van der Waals surface area contributed by atoms with Crippen molar-refractivity contribution in [2.24, 2.45) is 11.8 Å². The van der Waals surface area contributed by atoms with Crippen molar-refractivity contribution in [3.05, 3.63) is 0 Å². The van der Waals surface area contributed by atoms with Crippen molar-refractivity contribution in [1.82, 2.24) is 10.2 Å². The SMILES string of the molecule is C#C[C@H]1CC[C@@H](C#N)N1C(=O)CNC1C[C@H]2CC[C@H]1C2. The smallest absolute Gasteiger partial charge is 0.238 e. The van der Waals surface area contributed by atoms with E-state index in [2.05, 4.69) is 17.3 Å². The number of terminal acetylenes is 1. The summed E-state index contributed by atoms with van der Waals surface area (Å²) in [6.07, 6.45) is 12.1. The highest BCUT2D eigenvalue weighted by molar-refractivity contribution is 5.80. The Balaban J connectivity index is 1.56. The lowest BCUT2D eigenvalue weighted by Crippen LogP contribution is -2.47. The summed E-state index contributed by atoms with van der Waals surface area (Å²) >= 11 is 0. The van der Waals surface area contributed by atoms with E-state index in [9.17, 15) is 4.79 Å². The minimum absolute atomic E-state index is 0.0141. The first kappa shape index (κ1) is 13.5. The number of carbonyl (C=O) groups is 1. The molecule has 2 saturated carbocycles. The van der Waals surface area contributed by atoms with E-state index in [-0.39, 0.29) is 18.0 Å². The molecule has 4 heteroatoms. The van der Waals surface area contributed by atoms with Gasteiger partial charge in [-0.25, -0.2) is 0 Å². The Morgan fingerprint density at radius 1 is 1.25 bits per heavy atom. The van der Waals surface area contributed by atoms with Crippen LogP contribution >= 0.6 is 0 Å². The number of carbonyl (C=O) groups excluding carboxylic acids is 1. The molecule has 3 fully saturated rings. The van der Waals surface area contributed by atoms with Crippen molar-refractivity contribution in [2.75, 3.05) is 6.54 Å². The van der Waals surface area contributed by atoms with Crippen molar-refractivity contribution in [3.63, 3.8) is 0 Å². The van der Waals surface area contributed by atoms with Gasteiger partial charge in [-0.2, -0.15) is 5.26 Å². The Bertz CT molecular complexity index is 453. The predicted molar refractivity (Wildman–Crippen MR) is 75.3 cm³/mol. The van der Waals surface area contributed by atoms with Crippen LogP contribution in [0.1, 0.15) is 38.5 Å². The number of likely N-dealkylation sites (tertiary alicyclic amines) is 1. The number of amides is 1. The van der Waals surface area contributed by atoms with Gasteiger partial charge in [0.05, 0.1) is 18.7 Å². The number of nitrogens with zero attached hydrogens (tertiary/aromatic N) is 2. The van der Waals surface area contributed by atoms with Crippen LogP contribution in [0.2, 0.25) is 0 Å². The molecule has 0 spiro atoms. The van der Waals surface area contributed by atoms with Crippen LogP contribution in [0.5, 0.6) is 0 Å². The van der Waals surface area contributed by atoms with Crippen LogP contribution < -0.4 is 5.32 Å². The molecule has 0 aromatic carbocycles. The van der Waals surface area contributed by atoms with Gasteiger partial charge in [0.2, 0.25) is 5.91 Å². The van der Waals surface area contributed by atoms with Crippen molar-refractivity contribution in [2.45, 2.75) is 56.7 Å². The average Bonchev–Trinajstić information content (AvgIpc) is 3.17. The number of nitriles is 1. The molecule has 3 rings (SSSR count). The van der Waals surface area contributed by atoms with E-state index >= 15 is 0 Å². The molecule has 20 heavy (non-hydrogen) atoms. The van der Waals surface area contributed by atoms with E-state index in [1.54, 1.807) is 4.90 Å². The van der Waals surface area contributed by atoms with Crippen LogP contribution in [0.25, 0.3) is 0 Å². The van der Waals surface area contributed by atoms with Crippen molar-refractivity contribution in [3.8, 4) is 18.4 Å². The molecule has 3 aliphatic rings. The number of nitrogens with one attached hydrogen (secondary N) is 1. The predicted octanol–water partition coefficient (Wildman–Crippen LogP) is 1.28. The molecular formula is C16H21N3O. The molecule has 2 bridgehead atoms. The van der Waals surface area contributed by atoms with Crippen LogP contribution in [-0.4, -0.2) is 35.5 Å². The van der Waals surface area contributed by atoms with E-state index < -0.39 is 0 Å². The monoisotopic (exact) mass is 271 g/mol. The standard InChI is InChI=1S/C16H21N3O/c1-2-13-5-6-14(9-17)19(13)16(20)10-18-15-8-11-3-4-12(15)7-11/h1,11-15,18H,3-8,10H2/t11-,12-,13-,14-,15?/m0/s1. The quantitative estimate of drug-likeness (QED) is 0.787. The van der Waals surface area contributed by atoms with Crippen LogP contribution in [0.15, 0.2) is 0 Å². The Kier molecular flexibility index (Phi) is 3.68. The van der Waals surface area contributed by atoms with Crippen LogP contribution in [-0.2, 0) is 4.79 Å². The Morgan fingerprint density at radius 3 is 2.65 bits per heavy atom. The second-order valence-electron chi connectivity index (χ2n) is 6.37. The van der Waals surface area contributed by atoms with Gasteiger partial charge in [0.25, 0.3) is 0 Å². The molecule has 1 unspecified atom stereocenters. The molecule has 0 radical (unpaired) electrons. The second-order valence-corrected chi connectivity index (χ2v) is 6.37. The van der Waals surface area contributed by atoms with Gasteiger partial charge < -0.3 is 10.2 Å². The largest absolute Gasteiger partial charge is 0.312 e. The fraction of sp³-hybridized carbons (Fsp3) is 0.750. The molecule has 0 aromatic rings. The summed E-state index contributed by atoms with van der Waals surface area (Å²) in [7, 11) is 0. The van der Waals surface area contributed by atoms with Gasteiger partial charge in [0.1, 0.15) is 6.04 Å². The van der Waals surface area contributed by atoms with Crippen LogP contribution in [0.4, 0.5) is 0 Å². The lowest BCUT2D eigenvalue weighted by atomic mass is 9.95. The summed E-state index contributed by atoms with van der Waals surface area (Å²) in [6, 6.07) is 2.14. The zero-order chi connectivity index (χ0) is 14.1. The molecule has 2 aliphatic carbocycles. The lowest BCUT2D eigenvalue weighted by Gasteiger charge is -2.27. The fourth-order valence-electron chi connectivity index (χ4n) is 4.25. The third-order valence-electron chi connectivity index (χ3n) is 5.27. The molecule has 1 N–H and O–H groups in total. The maximum Gasteiger partial charge on any atom is 0.238 e. The first-order chi connectivity index (χ1) is 9.72. The van der Waals surface area contributed by atoms with Gasteiger partial charge >= 0.3 is 0 Å². The van der Waals surface area contributed by atoms with Gasteiger partial charge in [-0.15, -0.1) is 6.42 Å². The molecular weight excluding hydrogens is 250 g/mol. The zero-order valence-corrected chi connectivity index (χ0v) is 11.7. The second kappa shape index (κ2) is 5.46. The summed E-state index contributed by atoms with van der Waals surface area (Å²) < 4.78 is 0. The Hall–Kier alpha value is -1.52. The molecule has 1 amide bonds. The van der Waals surface area contributed by atoms with Crippen molar-refractivity contribution in [1.29, 1.82) is 5.26 Å². The van der Waals surface area contributed by atoms with Gasteiger partial charge in [0.15, 0.2) is 0 Å². The summed E-state index contributed by atoms with van der Waals surface area (Å²) in [6.45, 7) is 0.324. The summed E-state index contributed by atoms with van der Waals surface area (Å²) in [5, 5.41) is 12.5. The van der Waals surface area contributed by atoms with E-state index in [0.717, 1.165) is 18.3 Å². The first-order valence-electron chi connectivity index (χ1n) is 7.63. The maximum absolute atomic E-state index is 12.4. The minimum Gasteiger partial charge on any atom is -0.312 e. The van der Waals surface area contributed by atoms with Gasteiger partial charge in [-0.05, 0) is 43.9 Å². The molecule has 1 saturated heterocycles. The lowest BCUT2D eigenvalue weighted by molar-refractivity contribution is -0.131. The molecule has 1 heterocycles. The zero-order valence-electron chi connectivity index (χ0n) is 11.7. The van der Waals surface area contributed by atoms with Crippen LogP contribution in [0.3, 0.4) is 0 Å². The molecule has 0 aromatic heterocycles. The third kappa shape index (κ3) is 2.30. The van der Waals surface area contributed by atoms with E-state index in [4.69, 9.17) is 11.7 Å². The van der Waals surface area contributed by atoms with Gasteiger partial charge in [-0.1, -0.05) is 12.3 Å². The number of hydrogen-bond donors (Lipinski definition) is 1. The number of fused-ring (bicyclic) bond motifs is 2. The minimum atomic E-state index is -0.342. The number of rotatable bonds is 3. The van der Waals surface area contributed by atoms with Crippen LogP contribution in [0, 0.1) is 35.5 Å². The van der Waals surface area contributed by atoms with Gasteiger partial charge in [-0.3, -0.25) is 4.79 Å². The highest BCUT2D eigenvalue weighted by atomic mass is 16.2. The molecule has 5 atom stereocenters. The first-order valence-corrected chi connectivity index (χ1v) is 7.63. The fourth-order valence-corrected chi connectivity index (χ4v) is 4.25. The highest BCUT2D eigenvalue weighted by Gasteiger charge is 2.40. The van der Waals surface area contributed by atoms with E-state index in [1.165, 1.54) is 25.7 Å². The summed E-state index contributed by atoms with van der Waals surface area (Å²) in [4.78, 5) is 14.0. The van der Waals surface area contributed by atoms with Crippen molar-refractivity contribution < 1.29 is 4.79 Å². The summed E-state index contributed by atoms with van der Waals surface area (Å²) in [5.41, 5.74) is 0. The maximum atomic E-state index is 12.4. The Morgan fingerprint density at radius 2 is 2.05 bits per heavy atom. The topological polar surface area (TPSA) is 56.1 Å². The highest BCUT2D eigenvalue weighted by Crippen LogP contribution is 2.44. The van der Waals surface area contributed by atoms with Crippen molar-refractivity contribution >= 4 is 5.91 Å². The van der Waals surface area contributed by atoms with E-state index in [1.807, 2.05) is 0 Å². The molecule has 4 nitrogen and oxygen atoms in total. The van der Waals surface area contributed by atoms with E-state index in [0.29, 0.717) is 19.0 Å². The molecule has 106 valence electrons. The third-order valence-corrected chi connectivity index (χ3v) is 5.27. The Labute approximate surface area is 120 Å². The number of hydrogen-bond acceptors (Lipinski definition) is 3. The summed E-state index contributed by atoms with van der Waals surface area (Å²) in [5.74, 6) is 4.24. The average molecular weight is 271 g/mol. The molecule has 1 aliphatic heterocycles.